The monoisotopic (exact) mass is 374 g/mol. The lowest BCUT2D eigenvalue weighted by Gasteiger charge is -2.15. The van der Waals surface area contributed by atoms with Gasteiger partial charge in [0.15, 0.2) is 18.3 Å². The van der Waals surface area contributed by atoms with E-state index in [9.17, 15) is 0 Å². The maximum absolute atomic E-state index is 5.69. The molecule has 0 saturated heterocycles. The lowest BCUT2D eigenvalue weighted by atomic mass is 10.1. The molecule has 0 atom stereocenters. The molecule has 0 spiro atoms. The highest BCUT2D eigenvalue weighted by atomic mass is 16.7. The van der Waals surface area contributed by atoms with Gasteiger partial charge in [-0.05, 0) is 24.1 Å². The van der Waals surface area contributed by atoms with E-state index in [1.165, 1.54) is 0 Å². The van der Waals surface area contributed by atoms with E-state index < -0.39 is 0 Å². The molecule has 0 bridgehead atoms. The zero-order valence-electron chi connectivity index (χ0n) is 16.4. The van der Waals surface area contributed by atoms with E-state index in [2.05, 4.69) is 0 Å². The Morgan fingerprint density at radius 1 is 0.741 bits per heavy atom. The van der Waals surface area contributed by atoms with Crippen molar-refractivity contribution in [2.75, 3.05) is 42.3 Å². The summed E-state index contributed by atoms with van der Waals surface area (Å²) in [6, 6.07) is 9.41. The summed E-state index contributed by atoms with van der Waals surface area (Å²) >= 11 is 0. The molecule has 146 valence electrons. The second kappa shape index (κ2) is 10.3. The Bertz CT molecular complexity index is 770. The Morgan fingerprint density at radius 3 is 2.07 bits per heavy atom. The molecule has 6 nitrogen and oxygen atoms in total. The van der Waals surface area contributed by atoms with Gasteiger partial charge in [-0.2, -0.15) is 0 Å². The summed E-state index contributed by atoms with van der Waals surface area (Å²) in [4.78, 5) is 0. The molecule has 0 amide bonds. The molecule has 0 aliphatic carbocycles. The minimum Gasteiger partial charge on any atom is -0.496 e. The van der Waals surface area contributed by atoms with E-state index >= 15 is 0 Å². The second-order valence-corrected chi connectivity index (χ2v) is 5.58. The molecule has 2 aromatic rings. The van der Waals surface area contributed by atoms with Crippen molar-refractivity contribution in [2.24, 2.45) is 0 Å². The van der Waals surface area contributed by atoms with Crippen molar-refractivity contribution in [3.63, 3.8) is 0 Å². The smallest absolute Gasteiger partial charge is 0.188 e. The van der Waals surface area contributed by atoms with E-state index in [1.54, 1.807) is 35.5 Å². The summed E-state index contributed by atoms with van der Waals surface area (Å²) < 4.78 is 32.1. The van der Waals surface area contributed by atoms with Gasteiger partial charge in [0.1, 0.15) is 17.2 Å². The molecule has 0 aromatic heterocycles. The summed E-state index contributed by atoms with van der Waals surface area (Å²) in [6.45, 7) is 0.142. The van der Waals surface area contributed by atoms with Crippen molar-refractivity contribution in [3.8, 4) is 28.7 Å². The fourth-order valence-corrected chi connectivity index (χ4v) is 2.62. The molecular weight excluding hydrogens is 348 g/mol. The molecule has 0 saturated carbocycles. The zero-order chi connectivity index (χ0) is 19.6. The lowest BCUT2D eigenvalue weighted by Crippen LogP contribution is -2.03. The molecule has 0 aliphatic rings. The minimum atomic E-state index is 0.142. The SMILES string of the molecule is COCOc1cc(OC)cc(OC)c1CC=Cc1ccc(OC)c(OC)c1. The maximum atomic E-state index is 5.69. The largest absolute Gasteiger partial charge is 0.496 e. The zero-order valence-corrected chi connectivity index (χ0v) is 16.4. The molecule has 6 heteroatoms. The standard InChI is InChI=1S/C21H26O6/c1-22-14-27-20-13-16(23-2)12-19(25-4)17(20)8-6-7-15-9-10-18(24-3)21(11-15)26-5/h6-7,9-13H,8,14H2,1-5H3. The van der Waals surface area contributed by atoms with Gasteiger partial charge in [-0.25, -0.2) is 0 Å². The van der Waals surface area contributed by atoms with Gasteiger partial charge in [-0.3, -0.25) is 0 Å². The lowest BCUT2D eigenvalue weighted by molar-refractivity contribution is 0.0502. The van der Waals surface area contributed by atoms with Gasteiger partial charge in [-0.15, -0.1) is 0 Å². The third kappa shape index (κ3) is 5.31. The molecule has 0 aliphatic heterocycles. The second-order valence-electron chi connectivity index (χ2n) is 5.58. The first kappa shape index (κ1) is 20.5. The van der Waals surface area contributed by atoms with Gasteiger partial charge in [0.2, 0.25) is 0 Å². The van der Waals surface area contributed by atoms with Crippen molar-refractivity contribution in [3.05, 3.63) is 47.5 Å². The van der Waals surface area contributed by atoms with Crippen LogP contribution < -0.4 is 23.7 Å². The molecular formula is C21H26O6. The third-order valence-corrected chi connectivity index (χ3v) is 3.97. The van der Waals surface area contributed by atoms with Crippen molar-refractivity contribution in [1.82, 2.24) is 0 Å². The molecule has 2 aromatic carbocycles. The van der Waals surface area contributed by atoms with Gasteiger partial charge in [0.25, 0.3) is 0 Å². The molecule has 0 radical (unpaired) electrons. The topological polar surface area (TPSA) is 55.4 Å². The summed E-state index contributed by atoms with van der Waals surface area (Å²) in [5.74, 6) is 3.39. The van der Waals surface area contributed by atoms with Crippen LogP contribution in [0.3, 0.4) is 0 Å². The number of hydrogen-bond donors (Lipinski definition) is 0. The Hall–Kier alpha value is -2.86. The van der Waals surface area contributed by atoms with Crippen LogP contribution in [0, 0.1) is 0 Å². The minimum absolute atomic E-state index is 0.142. The van der Waals surface area contributed by atoms with Gasteiger partial charge in [0.05, 0.1) is 28.4 Å². The van der Waals surface area contributed by atoms with Crippen molar-refractivity contribution in [2.45, 2.75) is 6.42 Å². The fraction of sp³-hybridized carbons (Fsp3) is 0.333. The average molecular weight is 374 g/mol. The first-order valence-corrected chi connectivity index (χ1v) is 8.42. The predicted molar refractivity (Wildman–Crippen MR) is 104 cm³/mol. The van der Waals surface area contributed by atoms with Crippen LogP contribution in [0.25, 0.3) is 6.08 Å². The third-order valence-electron chi connectivity index (χ3n) is 3.97. The fourth-order valence-electron chi connectivity index (χ4n) is 2.62. The maximum Gasteiger partial charge on any atom is 0.188 e. The Balaban J connectivity index is 2.26. The Kier molecular flexibility index (Phi) is 7.82. The van der Waals surface area contributed by atoms with Crippen LogP contribution in [0.1, 0.15) is 11.1 Å². The van der Waals surface area contributed by atoms with Crippen LogP contribution in [-0.2, 0) is 11.2 Å². The normalized spacial score (nSPS) is 10.7. The number of rotatable bonds is 10. The van der Waals surface area contributed by atoms with Crippen LogP contribution in [0.5, 0.6) is 28.7 Å². The predicted octanol–water partition coefficient (Wildman–Crippen LogP) is 3.96. The molecule has 0 unspecified atom stereocenters. The van der Waals surface area contributed by atoms with E-state index in [4.69, 9.17) is 28.4 Å². The molecule has 2 rings (SSSR count). The number of allylic oxidation sites excluding steroid dienone is 1. The van der Waals surface area contributed by atoms with E-state index in [-0.39, 0.29) is 6.79 Å². The van der Waals surface area contributed by atoms with Gasteiger partial charge in [-0.1, -0.05) is 18.2 Å². The number of benzene rings is 2. The van der Waals surface area contributed by atoms with E-state index in [0.29, 0.717) is 35.2 Å². The number of methoxy groups -OCH3 is 5. The average Bonchev–Trinajstić information content (AvgIpc) is 2.72. The van der Waals surface area contributed by atoms with Gasteiger partial charge < -0.3 is 28.4 Å². The number of ether oxygens (including phenoxy) is 6. The first-order chi connectivity index (χ1) is 13.2. The quantitative estimate of drug-likeness (QED) is 0.587. The highest BCUT2D eigenvalue weighted by molar-refractivity contribution is 5.58. The van der Waals surface area contributed by atoms with Gasteiger partial charge in [0, 0.05) is 24.8 Å². The molecule has 0 N–H and O–H groups in total. The summed E-state index contributed by atoms with van der Waals surface area (Å²) in [5, 5.41) is 0. The Labute approximate surface area is 160 Å². The summed E-state index contributed by atoms with van der Waals surface area (Å²) in [7, 11) is 8.04. The highest BCUT2D eigenvalue weighted by Gasteiger charge is 2.13. The van der Waals surface area contributed by atoms with E-state index in [1.807, 2.05) is 42.5 Å². The van der Waals surface area contributed by atoms with Crippen LogP contribution in [0.2, 0.25) is 0 Å². The molecule has 27 heavy (non-hydrogen) atoms. The molecule has 0 fully saturated rings. The first-order valence-electron chi connectivity index (χ1n) is 8.42. The van der Waals surface area contributed by atoms with Crippen molar-refractivity contribution >= 4 is 6.08 Å². The summed E-state index contributed by atoms with van der Waals surface area (Å²) in [5.41, 5.74) is 1.91. The summed E-state index contributed by atoms with van der Waals surface area (Å²) in [6.07, 6.45) is 4.65. The van der Waals surface area contributed by atoms with Crippen molar-refractivity contribution < 1.29 is 28.4 Å². The van der Waals surface area contributed by atoms with Crippen LogP contribution in [0.4, 0.5) is 0 Å². The van der Waals surface area contributed by atoms with Gasteiger partial charge >= 0.3 is 0 Å². The van der Waals surface area contributed by atoms with Crippen molar-refractivity contribution in [1.29, 1.82) is 0 Å². The van der Waals surface area contributed by atoms with E-state index in [0.717, 1.165) is 11.1 Å². The molecule has 0 heterocycles. The van der Waals surface area contributed by atoms with Crippen LogP contribution in [0.15, 0.2) is 36.4 Å². The number of hydrogen-bond acceptors (Lipinski definition) is 6. The highest BCUT2D eigenvalue weighted by Crippen LogP contribution is 2.35. The van der Waals surface area contributed by atoms with Crippen LogP contribution in [-0.4, -0.2) is 42.3 Å². The Morgan fingerprint density at radius 2 is 1.44 bits per heavy atom. The van der Waals surface area contributed by atoms with Crippen LogP contribution >= 0.6 is 0 Å².